The molecule has 0 unspecified atom stereocenters. The molecule has 0 heterocycles. The predicted molar refractivity (Wildman–Crippen MR) is 132 cm³/mol. The molecule has 142 valence electrons. The Morgan fingerprint density at radius 3 is 2.43 bits per heavy atom. The van der Waals surface area contributed by atoms with Crippen molar-refractivity contribution in [3.8, 4) is 5.75 Å². The van der Waals surface area contributed by atoms with Crippen LogP contribution in [0.4, 0.5) is 0 Å². The number of hydrogen-bond donors (Lipinski definition) is 1. The van der Waals surface area contributed by atoms with Gasteiger partial charge in [-0.3, -0.25) is 4.79 Å². The highest BCUT2D eigenvalue weighted by Gasteiger charge is 2.09. The molecule has 4 nitrogen and oxygen atoms in total. The number of halogens is 3. The monoisotopic (exact) mass is 660 g/mol. The molecule has 0 spiro atoms. The number of nitrogens with one attached hydrogen (secondary N) is 1. The van der Waals surface area contributed by atoms with Crippen LogP contribution in [0.25, 0.3) is 0 Å². The van der Waals surface area contributed by atoms with Crippen molar-refractivity contribution in [2.24, 2.45) is 5.10 Å². The standard InChI is InChI=1S/C21H15BrI2N2O2/c22-17-8-4-7-16(11-17)21(27)26-25-12-15-9-18(23)20(19(24)10-15)28-13-14-5-2-1-3-6-14/h1-12H,13H2,(H,26,27)/b25-12-. The quantitative estimate of drug-likeness (QED) is 0.200. The Labute approximate surface area is 199 Å². The number of amides is 1. The average Bonchev–Trinajstić information content (AvgIpc) is 2.68. The van der Waals surface area contributed by atoms with E-state index in [4.69, 9.17) is 4.74 Å². The van der Waals surface area contributed by atoms with Gasteiger partial charge in [-0.1, -0.05) is 52.3 Å². The predicted octanol–water partition coefficient (Wildman–Crippen LogP) is 6.00. The van der Waals surface area contributed by atoms with Crippen LogP contribution in [0.2, 0.25) is 0 Å². The van der Waals surface area contributed by atoms with Gasteiger partial charge in [0.1, 0.15) is 12.4 Å². The minimum Gasteiger partial charge on any atom is -0.487 e. The Morgan fingerprint density at radius 2 is 1.75 bits per heavy atom. The van der Waals surface area contributed by atoms with Crippen molar-refractivity contribution >= 4 is 73.2 Å². The Morgan fingerprint density at radius 1 is 1.04 bits per heavy atom. The van der Waals surface area contributed by atoms with Crippen molar-refractivity contribution in [2.75, 3.05) is 0 Å². The molecule has 3 aromatic rings. The smallest absolute Gasteiger partial charge is 0.271 e. The molecule has 0 atom stereocenters. The molecule has 0 aromatic heterocycles. The molecule has 0 fully saturated rings. The molecule has 0 bridgehead atoms. The lowest BCUT2D eigenvalue weighted by Crippen LogP contribution is -2.17. The van der Waals surface area contributed by atoms with Crippen LogP contribution in [0.15, 0.2) is 76.3 Å². The highest BCUT2D eigenvalue weighted by Crippen LogP contribution is 2.29. The van der Waals surface area contributed by atoms with Crippen molar-refractivity contribution in [1.29, 1.82) is 0 Å². The number of carbonyl (C=O) groups excluding carboxylic acids is 1. The fourth-order valence-electron chi connectivity index (χ4n) is 2.38. The van der Waals surface area contributed by atoms with E-state index in [-0.39, 0.29) is 5.91 Å². The maximum absolute atomic E-state index is 12.1. The van der Waals surface area contributed by atoms with E-state index in [0.717, 1.165) is 28.5 Å². The summed E-state index contributed by atoms with van der Waals surface area (Å²) >= 11 is 7.85. The van der Waals surface area contributed by atoms with Crippen LogP contribution < -0.4 is 10.2 Å². The average molecular weight is 661 g/mol. The molecule has 0 aliphatic rings. The third kappa shape index (κ3) is 6.02. The SMILES string of the molecule is O=C(N/N=C\c1cc(I)c(OCc2ccccc2)c(I)c1)c1cccc(Br)c1. The summed E-state index contributed by atoms with van der Waals surface area (Å²) in [5.74, 6) is 0.588. The van der Waals surface area contributed by atoms with Gasteiger partial charge in [0.25, 0.3) is 5.91 Å². The number of rotatable bonds is 6. The van der Waals surface area contributed by atoms with Crippen LogP contribution in [0.5, 0.6) is 5.75 Å². The van der Waals surface area contributed by atoms with E-state index < -0.39 is 0 Å². The maximum Gasteiger partial charge on any atom is 0.271 e. The third-order valence-electron chi connectivity index (χ3n) is 3.71. The summed E-state index contributed by atoms with van der Waals surface area (Å²) in [6, 6.07) is 21.1. The van der Waals surface area contributed by atoms with Gasteiger partial charge in [-0.15, -0.1) is 0 Å². The van der Waals surface area contributed by atoms with Crippen LogP contribution in [-0.4, -0.2) is 12.1 Å². The second-order valence-corrected chi connectivity index (χ2v) is 9.04. The first kappa shape index (κ1) is 21.3. The van der Waals surface area contributed by atoms with Gasteiger partial charge >= 0.3 is 0 Å². The lowest BCUT2D eigenvalue weighted by Gasteiger charge is -2.11. The van der Waals surface area contributed by atoms with Crippen LogP contribution in [0, 0.1) is 7.14 Å². The third-order valence-corrected chi connectivity index (χ3v) is 5.81. The summed E-state index contributed by atoms with van der Waals surface area (Å²) in [6.07, 6.45) is 1.63. The van der Waals surface area contributed by atoms with Crippen LogP contribution >= 0.6 is 61.1 Å². The zero-order valence-electron chi connectivity index (χ0n) is 14.5. The van der Waals surface area contributed by atoms with Crippen LogP contribution in [0.3, 0.4) is 0 Å². The number of ether oxygens (including phenoxy) is 1. The van der Waals surface area contributed by atoms with Gasteiger partial charge in [-0.2, -0.15) is 5.10 Å². The largest absolute Gasteiger partial charge is 0.487 e. The lowest BCUT2D eigenvalue weighted by molar-refractivity contribution is 0.0955. The maximum atomic E-state index is 12.1. The van der Waals surface area contributed by atoms with Gasteiger partial charge in [0, 0.05) is 10.0 Å². The van der Waals surface area contributed by atoms with Gasteiger partial charge in [0.05, 0.1) is 13.4 Å². The molecule has 0 saturated carbocycles. The zero-order chi connectivity index (χ0) is 19.9. The van der Waals surface area contributed by atoms with E-state index >= 15 is 0 Å². The molecule has 1 amide bonds. The first-order chi connectivity index (χ1) is 13.5. The second-order valence-electron chi connectivity index (χ2n) is 5.80. The number of carbonyl (C=O) groups is 1. The summed E-state index contributed by atoms with van der Waals surface area (Å²) in [5.41, 5.74) is 5.10. The number of benzene rings is 3. The molecule has 3 aromatic carbocycles. The Hall–Kier alpha value is -1.46. The highest BCUT2D eigenvalue weighted by atomic mass is 127. The first-order valence-corrected chi connectivity index (χ1v) is 11.2. The molecular formula is C21H15BrI2N2O2. The Kier molecular flexibility index (Phi) is 7.86. The van der Waals surface area contributed by atoms with Crippen molar-refractivity contribution in [3.63, 3.8) is 0 Å². The van der Waals surface area contributed by atoms with Crippen molar-refractivity contribution < 1.29 is 9.53 Å². The van der Waals surface area contributed by atoms with Gasteiger partial charge < -0.3 is 4.74 Å². The summed E-state index contributed by atoms with van der Waals surface area (Å²) in [4.78, 5) is 12.1. The van der Waals surface area contributed by atoms with Gasteiger partial charge in [0.15, 0.2) is 0 Å². The molecule has 3 rings (SSSR count). The van der Waals surface area contributed by atoms with Gasteiger partial charge in [-0.25, -0.2) is 5.43 Å². The van der Waals surface area contributed by atoms with E-state index in [1.54, 1.807) is 18.3 Å². The van der Waals surface area contributed by atoms with Crippen LogP contribution in [0.1, 0.15) is 21.5 Å². The first-order valence-electron chi connectivity index (χ1n) is 8.27. The zero-order valence-corrected chi connectivity index (χ0v) is 20.4. The molecule has 28 heavy (non-hydrogen) atoms. The fourth-order valence-corrected chi connectivity index (χ4v) is 4.91. The molecule has 0 aliphatic heterocycles. The lowest BCUT2D eigenvalue weighted by atomic mass is 10.2. The minimum absolute atomic E-state index is 0.259. The topological polar surface area (TPSA) is 50.7 Å². The number of hydrogen-bond acceptors (Lipinski definition) is 3. The Bertz CT molecular complexity index is 987. The second kappa shape index (κ2) is 10.4. The van der Waals surface area contributed by atoms with E-state index in [1.165, 1.54) is 0 Å². The Balaban J connectivity index is 1.65. The summed E-state index contributed by atoms with van der Waals surface area (Å²) < 4.78 is 8.81. The van der Waals surface area contributed by atoms with Crippen molar-refractivity contribution in [3.05, 3.63) is 95.0 Å². The fraction of sp³-hybridized carbons (Fsp3) is 0.0476. The molecule has 7 heteroatoms. The minimum atomic E-state index is -0.259. The normalized spacial score (nSPS) is 10.8. The van der Waals surface area contributed by atoms with Crippen LogP contribution in [-0.2, 0) is 6.61 Å². The molecule has 0 saturated heterocycles. The summed E-state index contributed by atoms with van der Waals surface area (Å²) in [5, 5.41) is 4.07. The van der Waals surface area contributed by atoms with E-state index in [9.17, 15) is 4.79 Å². The summed E-state index contributed by atoms with van der Waals surface area (Å²) in [6.45, 7) is 0.517. The van der Waals surface area contributed by atoms with Gasteiger partial charge in [-0.05, 0) is 86.6 Å². The van der Waals surface area contributed by atoms with Crippen molar-refractivity contribution in [2.45, 2.75) is 6.61 Å². The summed E-state index contributed by atoms with van der Waals surface area (Å²) in [7, 11) is 0. The van der Waals surface area contributed by atoms with E-state index in [2.05, 4.69) is 71.6 Å². The number of hydrazone groups is 1. The van der Waals surface area contributed by atoms with Crippen molar-refractivity contribution in [1.82, 2.24) is 5.43 Å². The van der Waals surface area contributed by atoms with E-state index in [0.29, 0.717) is 12.2 Å². The molecular weight excluding hydrogens is 646 g/mol. The molecule has 1 N–H and O–H groups in total. The number of nitrogens with zero attached hydrogens (tertiary/aromatic N) is 1. The van der Waals surface area contributed by atoms with E-state index in [1.807, 2.05) is 54.6 Å². The molecule has 0 radical (unpaired) electrons. The highest BCUT2D eigenvalue weighted by molar-refractivity contribution is 14.1. The van der Waals surface area contributed by atoms with Gasteiger partial charge in [0.2, 0.25) is 0 Å². The molecule has 0 aliphatic carbocycles.